The van der Waals surface area contributed by atoms with Crippen LogP contribution < -0.4 is 0 Å². The molecule has 0 N–H and O–H groups in total. The lowest BCUT2D eigenvalue weighted by Crippen LogP contribution is -1.88. The van der Waals surface area contributed by atoms with Crippen molar-refractivity contribution in [3.05, 3.63) is 34.9 Å². The Balaban J connectivity index is 0.000001000. The number of rotatable bonds is 0. The van der Waals surface area contributed by atoms with Crippen LogP contribution in [0.3, 0.4) is 0 Å². The topological polar surface area (TPSA) is 0 Å². The summed E-state index contributed by atoms with van der Waals surface area (Å²) >= 11 is 0. The minimum absolute atomic E-state index is 0. The Hall–Kier alpha value is -0.920. The van der Waals surface area contributed by atoms with Gasteiger partial charge in [0.15, 0.2) is 0 Å². The summed E-state index contributed by atoms with van der Waals surface area (Å²) in [5, 5.41) is 0. The summed E-state index contributed by atoms with van der Waals surface area (Å²) in [5.74, 6) is -0.696. The number of hydrogen-bond acceptors (Lipinski definition) is 0. The van der Waals surface area contributed by atoms with E-state index in [-0.39, 0.29) is 19.1 Å². The lowest BCUT2D eigenvalue weighted by molar-refractivity contribution is 0.585. The fourth-order valence-corrected chi connectivity index (χ4v) is 0.746. The highest BCUT2D eigenvalue weighted by Gasteiger charge is 2.01. The average molecular weight is 158 g/mol. The SMILES string of the molecule is C.Cc1cc(F)c(C)cc1F. The number of hydrogen-bond donors (Lipinski definition) is 0. The standard InChI is InChI=1S/C8H8F2.CH4/c1-5-3-8(10)6(2)4-7(5)9;/h3-4H,1-2H3;1H4. The van der Waals surface area contributed by atoms with Gasteiger partial charge in [-0.1, -0.05) is 7.43 Å². The summed E-state index contributed by atoms with van der Waals surface area (Å²) in [6.45, 7) is 3.08. The Kier molecular flexibility index (Phi) is 3.18. The van der Waals surface area contributed by atoms with Crippen molar-refractivity contribution in [1.82, 2.24) is 0 Å². The zero-order valence-corrected chi connectivity index (χ0v) is 5.91. The molecule has 11 heavy (non-hydrogen) atoms. The van der Waals surface area contributed by atoms with E-state index in [4.69, 9.17) is 0 Å². The molecule has 0 aliphatic rings. The predicted octanol–water partition coefficient (Wildman–Crippen LogP) is 3.22. The van der Waals surface area contributed by atoms with Gasteiger partial charge in [0.25, 0.3) is 0 Å². The van der Waals surface area contributed by atoms with Gasteiger partial charge in [-0.3, -0.25) is 0 Å². The maximum atomic E-state index is 12.6. The van der Waals surface area contributed by atoms with Crippen molar-refractivity contribution in [3.63, 3.8) is 0 Å². The third-order valence-electron chi connectivity index (χ3n) is 1.44. The van der Waals surface area contributed by atoms with E-state index < -0.39 is 0 Å². The molecule has 0 heterocycles. The summed E-state index contributed by atoms with van der Waals surface area (Å²) in [7, 11) is 0. The molecule has 0 bridgehead atoms. The molecule has 0 saturated carbocycles. The normalized spacial score (nSPS) is 9.09. The van der Waals surface area contributed by atoms with Crippen LogP contribution in [-0.2, 0) is 0 Å². The van der Waals surface area contributed by atoms with E-state index in [2.05, 4.69) is 0 Å². The molecule has 0 amide bonds. The molecule has 0 radical (unpaired) electrons. The number of halogens is 2. The molecule has 0 atom stereocenters. The van der Waals surface area contributed by atoms with Gasteiger partial charge in [-0.15, -0.1) is 0 Å². The van der Waals surface area contributed by atoms with Gasteiger partial charge in [-0.2, -0.15) is 0 Å². The lowest BCUT2D eigenvalue weighted by atomic mass is 10.1. The quantitative estimate of drug-likeness (QED) is 0.543. The van der Waals surface area contributed by atoms with Crippen molar-refractivity contribution in [3.8, 4) is 0 Å². The van der Waals surface area contributed by atoms with Gasteiger partial charge in [0, 0.05) is 0 Å². The summed E-state index contributed by atoms with van der Waals surface area (Å²) in [6.07, 6.45) is 0. The van der Waals surface area contributed by atoms with Gasteiger partial charge < -0.3 is 0 Å². The summed E-state index contributed by atoms with van der Waals surface area (Å²) in [5.41, 5.74) is 0.700. The van der Waals surface area contributed by atoms with Crippen LogP contribution in [0.5, 0.6) is 0 Å². The molecule has 1 aromatic carbocycles. The van der Waals surface area contributed by atoms with Crippen molar-refractivity contribution in [2.45, 2.75) is 21.3 Å². The monoisotopic (exact) mass is 158 g/mol. The Bertz CT molecular complexity index is 204. The van der Waals surface area contributed by atoms with E-state index in [0.717, 1.165) is 0 Å². The Morgan fingerprint density at radius 2 is 1.18 bits per heavy atom. The molecule has 0 fully saturated rings. The van der Waals surface area contributed by atoms with Crippen LogP contribution in [0.4, 0.5) is 8.78 Å². The Morgan fingerprint density at radius 1 is 0.909 bits per heavy atom. The highest BCUT2D eigenvalue weighted by atomic mass is 19.1. The van der Waals surface area contributed by atoms with Crippen LogP contribution in [0.1, 0.15) is 18.6 Å². The third kappa shape index (κ3) is 2.00. The van der Waals surface area contributed by atoms with Crippen LogP contribution in [0.15, 0.2) is 12.1 Å². The smallest absolute Gasteiger partial charge is 0.126 e. The molecule has 1 rings (SSSR count). The van der Waals surface area contributed by atoms with E-state index in [0.29, 0.717) is 11.1 Å². The third-order valence-corrected chi connectivity index (χ3v) is 1.44. The van der Waals surface area contributed by atoms with Crippen molar-refractivity contribution in [2.24, 2.45) is 0 Å². The van der Waals surface area contributed by atoms with Crippen molar-refractivity contribution in [2.75, 3.05) is 0 Å². The predicted molar refractivity (Wildman–Crippen MR) is 42.6 cm³/mol. The van der Waals surface area contributed by atoms with E-state index in [1.165, 1.54) is 26.0 Å². The molecule has 0 aliphatic carbocycles. The van der Waals surface area contributed by atoms with Crippen LogP contribution in [0.25, 0.3) is 0 Å². The van der Waals surface area contributed by atoms with E-state index in [1.807, 2.05) is 0 Å². The first-order chi connectivity index (χ1) is 4.61. The van der Waals surface area contributed by atoms with Crippen molar-refractivity contribution >= 4 is 0 Å². The first kappa shape index (κ1) is 10.1. The molecule has 62 valence electrons. The van der Waals surface area contributed by atoms with Gasteiger partial charge in [0.2, 0.25) is 0 Å². The second-order valence-electron chi connectivity index (χ2n) is 2.35. The van der Waals surface area contributed by atoms with Gasteiger partial charge in [-0.25, -0.2) is 8.78 Å². The van der Waals surface area contributed by atoms with E-state index in [1.54, 1.807) is 0 Å². The number of aryl methyl sites for hydroxylation is 2. The van der Waals surface area contributed by atoms with Crippen LogP contribution in [-0.4, -0.2) is 0 Å². The molecule has 0 spiro atoms. The minimum atomic E-state index is -0.348. The molecule has 0 aliphatic heterocycles. The highest BCUT2D eigenvalue weighted by molar-refractivity contribution is 5.23. The highest BCUT2D eigenvalue weighted by Crippen LogP contribution is 2.12. The molecule has 2 heteroatoms. The zero-order chi connectivity index (χ0) is 7.72. The molecular formula is C9H12F2. The molecule has 0 unspecified atom stereocenters. The Morgan fingerprint density at radius 3 is 1.45 bits per heavy atom. The number of benzene rings is 1. The zero-order valence-electron chi connectivity index (χ0n) is 5.91. The first-order valence-corrected chi connectivity index (χ1v) is 3.03. The first-order valence-electron chi connectivity index (χ1n) is 3.03. The van der Waals surface area contributed by atoms with Crippen molar-refractivity contribution < 1.29 is 8.78 Å². The molecule has 0 nitrogen and oxygen atoms in total. The summed E-state index contributed by atoms with van der Waals surface area (Å²) in [6, 6.07) is 2.40. The van der Waals surface area contributed by atoms with Crippen LogP contribution in [0.2, 0.25) is 0 Å². The molecule has 0 saturated heterocycles. The van der Waals surface area contributed by atoms with Crippen LogP contribution >= 0.6 is 0 Å². The fraction of sp³-hybridized carbons (Fsp3) is 0.333. The lowest BCUT2D eigenvalue weighted by Gasteiger charge is -1.98. The summed E-state index contributed by atoms with van der Waals surface area (Å²) < 4.78 is 25.2. The molecule has 1 aromatic rings. The second-order valence-corrected chi connectivity index (χ2v) is 2.35. The Labute approximate surface area is 65.9 Å². The van der Waals surface area contributed by atoms with Crippen LogP contribution in [0, 0.1) is 25.5 Å². The fourth-order valence-electron chi connectivity index (χ4n) is 0.746. The van der Waals surface area contributed by atoms with E-state index in [9.17, 15) is 8.78 Å². The minimum Gasteiger partial charge on any atom is -0.207 e. The summed E-state index contributed by atoms with van der Waals surface area (Å²) in [4.78, 5) is 0. The van der Waals surface area contributed by atoms with Gasteiger partial charge in [0.1, 0.15) is 11.6 Å². The van der Waals surface area contributed by atoms with Gasteiger partial charge in [-0.05, 0) is 37.1 Å². The van der Waals surface area contributed by atoms with Gasteiger partial charge >= 0.3 is 0 Å². The second kappa shape index (κ2) is 3.46. The maximum absolute atomic E-state index is 12.6. The van der Waals surface area contributed by atoms with Gasteiger partial charge in [0.05, 0.1) is 0 Å². The largest absolute Gasteiger partial charge is 0.207 e. The maximum Gasteiger partial charge on any atom is 0.126 e. The average Bonchev–Trinajstić information content (AvgIpc) is 1.84. The molecule has 0 aromatic heterocycles. The van der Waals surface area contributed by atoms with Crippen molar-refractivity contribution in [1.29, 1.82) is 0 Å². The van der Waals surface area contributed by atoms with E-state index >= 15 is 0 Å². The molecular weight excluding hydrogens is 146 g/mol.